The Labute approximate surface area is 139 Å². The molecule has 0 heterocycles. The lowest BCUT2D eigenvalue weighted by atomic mass is 9.51. The van der Waals surface area contributed by atoms with Crippen LogP contribution in [0, 0.1) is 5.41 Å². The van der Waals surface area contributed by atoms with Gasteiger partial charge in [0.15, 0.2) is 0 Å². The maximum atomic E-state index is 10.6. The monoisotopic (exact) mass is 319 g/mol. The van der Waals surface area contributed by atoms with Crippen molar-refractivity contribution in [1.82, 2.24) is 5.32 Å². The highest BCUT2D eigenvalue weighted by Crippen LogP contribution is 2.57. The van der Waals surface area contributed by atoms with E-state index in [9.17, 15) is 5.11 Å². The smallest absolute Gasteiger partial charge is 0.118 e. The van der Waals surface area contributed by atoms with Crippen LogP contribution < -0.4 is 10.1 Å². The van der Waals surface area contributed by atoms with Gasteiger partial charge in [0.05, 0.1) is 19.3 Å². The molecule has 4 nitrogen and oxygen atoms in total. The van der Waals surface area contributed by atoms with E-state index in [-0.39, 0.29) is 6.04 Å². The molecule has 2 aliphatic rings. The normalized spacial score (nSPS) is 27.8. The van der Waals surface area contributed by atoms with Gasteiger partial charge in [-0.1, -0.05) is 18.6 Å². The van der Waals surface area contributed by atoms with E-state index < -0.39 is 6.10 Å². The average Bonchev–Trinajstić information content (AvgIpc) is 2.51. The zero-order valence-electron chi connectivity index (χ0n) is 14.4. The summed E-state index contributed by atoms with van der Waals surface area (Å²) in [5, 5.41) is 14.3. The minimum atomic E-state index is -0.510. The average molecular weight is 319 g/mol. The van der Waals surface area contributed by atoms with Gasteiger partial charge in [-0.3, -0.25) is 0 Å². The molecule has 1 spiro atoms. The maximum Gasteiger partial charge on any atom is 0.118 e. The number of ether oxygens (including phenoxy) is 2. The van der Waals surface area contributed by atoms with Gasteiger partial charge in [0.2, 0.25) is 0 Å². The quantitative estimate of drug-likeness (QED) is 0.811. The van der Waals surface area contributed by atoms with E-state index in [1.165, 1.54) is 19.3 Å². The molecule has 128 valence electrons. The minimum absolute atomic E-state index is 0.0217. The zero-order chi connectivity index (χ0) is 16.4. The predicted octanol–water partition coefficient (Wildman–Crippen LogP) is 3.05. The third kappa shape index (κ3) is 3.00. The van der Waals surface area contributed by atoms with E-state index in [0.717, 1.165) is 24.3 Å². The number of hydrogen-bond donors (Lipinski definition) is 2. The molecule has 0 aromatic heterocycles. The van der Waals surface area contributed by atoms with E-state index >= 15 is 0 Å². The number of hydrogen-bond acceptors (Lipinski definition) is 4. The van der Waals surface area contributed by atoms with Crippen molar-refractivity contribution in [2.75, 3.05) is 13.7 Å². The Kier molecular flexibility index (Phi) is 4.95. The van der Waals surface area contributed by atoms with Crippen molar-refractivity contribution in [2.24, 2.45) is 5.41 Å². The molecule has 4 atom stereocenters. The number of nitrogens with one attached hydrogen (secondary N) is 1. The highest BCUT2D eigenvalue weighted by molar-refractivity contribution is 5.29. The van der Waals surface area contributed by atoms with Gasteiger partial charge < -0.3 is 19.9 Å². The number of benzene rings is 1. The van der Waals surface area contributed by atoms with Gasteiger partial charge >= 0.3 is 0 Å². The Hall–Kier alpha value is -1.10. The van der Waals surface area contributed by atoms with E-state index in [1.807, 2.05) is 24.3 Å². The molecule has 2 aliphatic carbocycles. The van der Waals surface area contributed by atoms with Crippen molar-refractivity contribution in [3.05, 3.63) is 29.8 Å². The summed E-state index contributed by atoms with van der Waals surface area (Å²) in [6.45, 7) is 4.93. The third-order valence-corrected chi connectivity index (χ3v) is 5.83. The van der Waals surface area contributed by atoms with Gasteiger partial charge in [0, 0.05) is 24.1 Å². The standard InChI is InChI=1S/C19H29NO3/c1-4-23-17-12-16(19(17)10-5-11-19)20-13(2)18(21)14-6-8-15(22-3)9-7-14/h6-9,13,16-18,20-21H,4-5,10-12H2,1-3H3. The summed E-state index contributed by atoms with van der Waals surface area (Å²) in [7, 11) is 1.65. The molecule has 1 aromatic carbocycles. The van der Waals surface area contributed by atoms with Crippen molar-refractivity contribution in [1.29, 1.82) is 0 Å². The van der Waals surface area contributed by atoms with Crippen molar-refractivity contribution >= 4 is 0 Å². The Bertz CT molecular complexity index is 512. The molecule has 0 saturated heterocycles. The first kappa shape index (κ1) is 16.7. The lowest BCUT2D eigenvalue weighted by molar-refractivity contribution is -0.176. The van der Waals surface area contributed by atoms with Crippen LogP contribution in [-0.2, 0) is 4.74 Å². The number of aliphatic hydroxyl groups excluding tert-OH is 1. The molecule has 2 saturated carbocycles. The Balaban J connectivity index is 1.59. The first-order valence-electron chi connectivity index (χ1n) is 8.80. The highest BCUT2D eigenvalue weighted by atomic mass is 16.5. The summed E-state index contributed by atoms with van der Waals surface area (Å²) in [5.41, 5.74) is 1.25. The molecular weight excluding hydrogens is 290 g/mol. The second-order valence-electron chi connectivity index (χ2n) is 6.99. The Morgan fingerprint density at radius 2 is 2.00 bits per heavy atom. The van der Waals surface area contributed by atoms with Crippen LogP contribution in [0.1, 0.15) is 51.2 Å². The van der Waals surface area contributed by atoms with Crippen molar-refractivity contribution in [3.63, 3.8) is 0 Å². The number of aliphatic hydroxyl groups is 1. The SMILES string of the molecule is CCOC1CC(NC(C)C(O)c2ccc(OC)cc2)C12CCC2. The fourth-order valence-electron chi connectivity index (χ4n) is 4.17. The molecule has 1 aromatic rings. The first-order chi connectivity index (χ1) is 11.1. The van der Waals surface area contributed by atoms with Crippen LogP contribution in [0.3, 0.4) is 0 Å². The molecule has 4 heteroatoms. The molecule has 2 N–H and O–H groups in total. The number of methoxy groups -OCH3 is 1. The van der Waals surface area contributed by atoms with Crippen LogP contribution in [0.25, 0.3) is 0 Å². The van der Waals surface area contributed by atoms with Crippen molar-refractivity contribution in [3.8, 4) is 5.75 Å². The first-order valence-corrected chi connectivity index (χ1v) is 8.80. The van der Waals surface area contributed by atoms with E-state index in [1.54, 1.807) is 7.11 Å². The molecule has 23 heavy (non-hydrogen) atoms. The zero-order valence-corrected chi connectivity index (χ0v) is 14.4. The largest absolute Gasteiger partial charge is 0.497 e. The molecule has 0 radical (unpaired) electrons. The minimum Gasteiger partial charge on any atom is -0.497 e. The van der Waals surface area contributed by atoms with Gasteiger partial charge in [-0.25, -0.2) is 0 Å². The lowest BCUT2D eigenvalue weighted by Gasteiger charge is -2.61. The van der Waals surface area contributed by atoms with Gasteiger partial charge in [-0.15, -0.1) is 0 Å². The molecule has 0 amide bonds. The van der Waals surface area contributed by atoms with Crippen LogP contribution in [0.2, 0.25) is 0 Å². The summed E-state index contributed by atoms with van der Waals surface area (Å²) >= 11 is 0. The molecule has 0 aliphatic heterocycles. The Morgan fingerprint density at radius 3 is 2.52 bits per heavy atom. The second kappa shape index (κ2) is 6.80. The summed E-state index contributed by atoms with van der Waals surface area (Å²) < 4.78 is 11.1. The molecule has 3 rings (SSSR count). The van der Waals surface area contributed by atoms with Gasteiger partial charge in [-0.2, -0.15) is 0 Å². The topological polar surface area (TPSA) is 50.7 Å². The van der Waals surface area contributed by atoms with Crippen LogP contribution in [-0.4, -0.2) is 37.0 Å². The van der Waals surface area contributed by atoms with Crippen LogP contribution in [0.5, 0.6) is 5.75 Å². The third-order valence-electron chi connectivity index (χ3n) is 5.83. The fraction of sp³-hybridized carbons (Fsp3) is 0.684. The second-order valence-corrected chi connectivity index (χ2v) is 6.99. The Morgan fingerprint density at radius 1 is 1.30 bits per heavy atom. The predicted molar refractivity (Wildman–Crippen MR) is 90.7 cm³/mol. The van der Waals surface area contributed by atoms with E-state index in [0.29, 0.717) is 17.6 Å². The summed E-state index contributed by atoms with van der Waals surface area (Å²) in [5.74, 6) is 0.813. The van der Waals surface area contributed by atoms with Crippen LogP contribution in [0.15, 0.2) is 24.3 Å². The van der Waals surface area contributed by atoms with Gasteiger partial charge in [0.25, 0.3) is 0 Å². The highest BCUT2D eigenvalue weighted by Gasteiger charge is 2.59. The van der Waals surface area contributed by atoms with Crippen molar-refractivity contribution in [2.45, 2.75) is 63.8 Å². The fourth-order valence-corrected chi connectivity index (χ4v) is 4.17. The van der Waals surface area contributed by atoms with Crippen LogP contribution >= 0.6 is 0 Å². The molecule has 2 fully saturated rings. The van der Waals surface area contributed by atoms with Gasteiger partial charge in [-0.05, 0) is 50.8 Å². The molecule has 4 unspecified atom stereocenters. The van der Waals surface area contributed by atoms with E-state index in [4.69, 9.17) is 9.47 Å². The molecular formula is C19H29NO3. The summed E-state index contributed by atoms with van der Waals surface area (Å²) in [6, 6.07) is 8.15. The van der Waals surface area contributed by atoms with Crippen LogP contribution in [0.4, 0.5) is 0 Å². The van der Waals surface area contributed by atoms with Gasteiger partial charge in [0.1, 0.15) is 5.75 Å². The van der Waals surface area contributed by atoms with Crippen molar-refractivity contribution < 1.29 is 14.6 Å². The molecule has 0 bridgehead atoms. The summed E-state index contributed by atoms with van der Waals surface area (Å²) in [6.07, 6.45) is 4.76. The number of rotatable bonds is 7. The lowest BCUT2D eigenvalue weighted by Crippen LogP contribution is -2.68. The summed E-state index contributed by atoms with van der Waals surface area (Å²) in [4.78, 5) is 0. The van der Waals surface area contributed by atoms with E-state index in [2.05, 4.69) is 19.2 Å². The maximum absolute atomic E-state index is 10.6.